The first-order chi connectivity index (χ1) is 9.72. The van der Waals surface area contributed by atoms with Gasteiger partial charge in [0.1, 0.15) is 5.82 Å². The van der Waals surface area contributed by atoms with E-state index in [1.165, 1.54) is 23.3 Å². The molecule has 2 aromatic carbocycles. The zero-order chi connectivity index (χ0) is 13.9. The maximum Gasteiger partial charge on any atom is 0.251 e. The minimum atomic E-state index is -0.291. The van der Waals surface area contributed by atoms with E-state index in [2.05, 4.69) is 10.6 Å². The third kappa shape index (κ3) is 2.70. The van der Waals surface area contributed by atoms with Crippen LogP contribution in [0.2, 0.25) is 0 Å². The van der Waals surface area contributed by atoms with Gasteiger partial charge in [0, 0.05) is 25.2 Å². The number of hydrogen-bond acceptors (Lipinski definition) is 2. The maximum absolute atomic E-state index is 13.0. The van der Waals surface area contributed by atoms with Crippen LogP contribution in [0, 0.1) is 5.82 Å². The van der Waals surface area contributed by atoms with Gasteiger partial charge in [-0.25, -0.2) is 4.39 Å². The van der Waals surface area contributed by atoms with Crippen LogP contribution in [0.3, 0.4) is 0 Å². The van der Waals surface area contributed by atoms with E-state index in [1.54, 1.807) is 12.1 Å². The van der Waals surface area contributed by atoms with Crippen LogP contribution in [0.5, 0.6) is 0 Å². The number of rotatable bonds is 3. The number of nitrogens with one attached hydrogen (secondary N) is 2. The van der Waals surface area contributed by atoms with E-state index in [0.29, 0.717) is 12.1 Å². The van der Waals surface area contributed by atoms with Gasteiger partial charge in [-0.3, -0.25) is 4.79 Å². The Morgan fingerprint density at radius 3 is 2.85 bits per heavy atom. The average molecular weight is 270 g/mol. The largest absolute Gasteiger partial charge is 0.348 e. The zero-order valence-electron chi connectivity index (χ0n) is 10.9. The van der Waals surface area contributed by atoms with Crippen molar-refractivity contribution in [3.05, 3.63) is 70.5 Å². The molecule has 0 radical (unpaired) electrons. The summed E-state index contributed by atoms with van der Waals surface area (Å²) in [4.78, 5) is 12.1. The number of benzene rings is 2. The number of carbonyl (C=O) groups is 1. The van der Waals surface area contributed by atoms with Crippen LogP contribution in [-0.2, 0) is 19.6 Å². The van der Waals surface area contributed by atoms with Gasteiger partial charge in [-0.05, 0) is 41.0 Å². The SMILES string of the molecule is O=C(NCc1cccc(F)c1)c1ccc2c(c1)CNC2. The van der Waals surface area contributed by atoms with Gasteiger partial charge >= 0.3 is 0 Å². The van der Waals surface area contributed by atoms with Gasteiger partial charge in [0.25, 0.3) is 5.91 Å². The fraction of sp³-hybridized carbons (Fsp3) is 0.188. The Labute approximate surface area is 116 Å². The fourth-order valence-electron chi connectivity index (χ4n) is 2.37. The van der Waals surface area contributed by atoms with Crippen molar-refractivity contribution >= 4 is 5.91 Å². The Hall–Kier alpha value is -2.20. The third-order valence-electron chi connectivity index (χ3n) is 3.44. The summed E-state index contributed by atoms with van der Waals surface area (Å²) in [5.41, 5.74) is 3.81. The second kappa shape index (κ2) is 5.43. The van der Waals surface area contributed by atoms with Gasteiger partial charge in [-0.2, -0.15) is 0 Å². The Balaban J connectivity index is 1.67. The van der Waals surface area contributed by atoms with Crippen LogP contribution in [0.4, 0.5) is 4.39 Å². The van der Waals surface area contributed by atoms with E-state index >= 15 is 0 Å². The molecule has 0 bridgehead atoms. The van der Waals surface area contributed by atoms with Crippen molar-refractivity contribution in [2.45, 2.75) is 19.6 Å². The van der Waals surface area contributed by atoms with Crippen LogP contribution in [0.1, 0.15) is 27.0 Å². The molecule has 0 saturated carbocycles. The molecule has 3 rings (SSSR count). The van der Waals surface area contributed by atoms with Crippen molar-refractivity contribution in [1.29, 1.82) is 0 Å². The first-order valence-electron chi connectivity index (χ1n) is 6.57. The third-order valence-corrected chi connectivity index (χ3v) is 3.44. The molecule has 0 spiro atoms. The Morgan fingerprint density at radius 1 is 1.15 bits per heavy atom. The van der Waals surface area contributed by atoms with Crippen LogP contribution in [0.25, 0.3) is 0 Å². The lowest BCUT2D eigenvalue weighted by atomic mass is 10.1. The molecule has 2 N–H and O–H groups in total. The van der Waals surface area contributed by atoms with Gasteiger partial charge in [-0.15, -0.1) is 0 Å². The molecule has 1 amide bonds. The van der Waals surface area contributed by atoms with Gasteiger partial charge in [0.05, 0.1) is 0 Å². The lowest BCUT2D eigenvalue weighted by Crippen LogP contribution is -2.23. The fourth-order valence-corrected chi connectivity index (χ4v) is 2.37. The minimum absolute atomic E-state index is 0.135. The number of fused-ring (bicyclic) bond motifs is 1. The summed E-state index contributed by atoms with van der Waals surface area (Å²) < 4.78 is 13.0. The summed E-state index contributed by atoms with van der Waals surface area (Å²) >= 11 is 0. The van der Waals surface area contributed by atoms with Crippen molar-refractivity contribution in [2.75, 3.05) is 0 Å². The van der Waals surface area contributed by atoms with Crippen molar-refractivity contribution in [2.24, 2.45) is 0 Å². The molecule has 1 aliphatic rings. The van der Waals surface area contributed by atoms with Gasteiger partial charge in [0.2, 0.25) is 0 Å². The van der Waals surface area contributed by atoms with E-state index < -0.39 is 0 Å². The van der Waals surface area contributed by atoms with E-state index in [-0.39, 0.29) is 11.7 Å². The smallest absolute Gasteiger partial charge is 0.251 e. The predicted molar refractivity (Wildman–Crippen MR) is 74.6 cm³/mol. The van der Waals surface area contributed by atoms with Crippen LogP contribution < -0.4 is 10.6 Å². The van der Waals surface area contributed by atoms with Crippen molar-refractivity contribution in [3.63, 3.8) is 0 Å². The molecule has 20 heavy (non-hydrogen) atoms. The summed E-state index contributed by atoms with van der Waals surface area (Å²) in [6.45, 7) is 1.99. The highest BCUT2D eigenvalue weighted by molar-refractivity contribution is 5.94. The molecular formula is C16H15FN2O. The molecule has 0 saturated heterocycles. The van der Waals surface area contributed by atoms with E-state index in [9.17, 15) is 9.18 Å². The van der Waals surface area contributed by atoms with Crippen LogP contribution in [-0.4, -0.2) is 5.91 Å². The second-order valence-corrected chi connectivity index (χ2v) is 4.90. The molecule has 4 heteroatoms. The molecule has 1 heterocycles. The first-order valence-corrected chi connectivity index (χ1v) is 6.57. The molecule has 102 valence electrons. The summed E-state index contributed by atoms with van der Waals surface area (Å²) in [5.74, 6) is -0.427. The predicted octanol–water partition coefficient (Wildman–Crippen LogP) is 2.36. The number of halogens is 1. The normalized spacial score (nSPS) is 13.1. The molecule has 2 aromatic rings. The summed E-state index contributed by atoms with van der Waals surface area (Å²) in [6, 6.07) is 12.0. The molecule has 3 nitrogen and oxygen atoms in total. The van der Waals surface area contributed by atoms with Gasteiger partial charge in [-0.1, -0.05) is 18.2 Å². The van der Waals surface area contributed by atoms with E-state index in [4.69, 9.17) is 0 Å². The highest BCUT2D eigenvalue weighted by Crippen LogP contribution is 2.17. The minimum Gasteiger partial charge on any atom is -0.348 e. The van der Waals surface area contributed by atoms with Gasteiger partial charge in [0.15, 0.2) is 0 Å². The molecular weight excluding hydrogens is 255 g/mol. The number of amides is 1. The van der Waals surface area contributed by atoms with Crippen molar-refractivity contribution in [1.82, 2.24) is 10.6 Å². The highest BCUT2D eigenvalue weighted by atomic mass is 19.1. The summed E-state index contributed by atoms with van der Waals surface area (Å²) in [6.07, 6.45) is 0. The lowest BCUT2D eigenvalue weighted by Gasteiger charge is -2.07. The Bertz CT molecular complexity index is 655. The zero-order valence-corrected chi connectivity index (χ0v) is 10.9. The molecule has 0 unspecified atom stereocenters. The summed E-state index contributed by atoms with van der Waals surface area (Å²) in [7, 11) is 0. The standard InChI is InChI=1S/C16H15FN2O/c17-15-3-1-2-11(6-15)8-19-16(20)12-4-5-13-9-18-10-14(13)7-12/h1-7,18H,8-10H2,(H,19,20). The van der Waals surface area contributed by atoms with Gasteiger partial charge < -0.3 is 10.6 Å². The lowest BCUT2D eigenvalue weighted by molar-refractivity contribution is 0.0950. The number of carbonyl (C=O) groups excluding carboxylic acids is 1. The average Bonchev–Trinajstić information content (AvgIpc) is 2.92. The molecule has 0 atom stereocenters. The second-order valence-electron chi connectivity index (χ2n) is 4.90. The maximum atomic E-state index is 13.0. The Morgan fingerprint density at radius 2 is 2.00 bits per heavy atom. The monoisotopic (exact) mass is 270 g/mol. The molecule has 1 aliphatic heterocycles. The van der Waals surface area contributed by atoms with Crippen molar-refractivity contribution < 1.29 is 9.18 Å². The van der Waals surface area contributed by atoms with E-state index in [0.717, 1.165) is 18.7 Å². The number of hydrogen-bond donors (Lipinski definition) is 2. The highest BCUT2D eigenvalue weighted by Gasteiger charge is 2.13. The quantitative estimate of drug-likeness (QED) is 0.899. The molecule has 0 fully saturated rings. The van der Waals surface area contributed by atoms with Crippen LogP contribution >= 0.6 is 0 Å². The van der Waals surface area contributed by atoms with Crippen LogP contribution in [0.15, 0.2) is 42.5 Å². The molecule has 0 aromatic heterocycles. The van der Waals surface area contributed by atoms with Crippen molar-refractivity contribution in [3.8, 4) is 0 Å². The summed E-state index contributed by atoms with van der Waals surface area (Å²) in [5, 5.41) is 6.05. The Kier molecular flexibility index (Phi) is 3.48. The first kappa shape index (κ1) is 12.8. The molecule has 0 aliphatic carbocycles. The van der Waals surface area contributed by atoms with E-state index in [1.807, 2.05) is 18.2 Å². The topological polar surface area (TPSA) is 41.1 Å².